The van der Waals surface area contributed by atoms with Crippen LogP contribution in [0.25, 0.3) is 0 Å². The van der Waals surface area contributed by atoms with Crippen molar-refractivity contribution in [1.82, 2.24) is 4.31 Å². The summed E-state index contributed by atoms with van der Waals surface area (Å²) in [5, 5.41) is 0. The highest BCUT2D eigenvalue weighted by Crippen LogP contribution is 2.30. The van der Waals surface area contributed by atoms with Gasteiger partial charge in [0.2, 0.25) is 10.0 Å². The molecule has 152 valence electrons. The summed E-state index contributed by atoms with van der Waals surface area (Å²) in [5.74, 6) is 1.56. The summed E-state index contributed by atoms with van der Waals surface area (Å²) < 4.78 is 38.9. The lowest BCUT2D eigenvalue weighted by molar-refractivity contribution is 0.336. The van der Waals surface area contributed by atoms with Crippen molar-refractivity contribution in [3.05, 3.63) is 48.0 Å². The molecule has 0 radical (unpaired) electrons. The predicted octanol–water partition coefficient (Wildman–Crippen LogP) is 3.30. The lowest BCUT2D eigenvalue weighted by Gasteiger charge is -2.36. The van der Waals surface area contributed by atoms with E-state index < -0.39 is 10.0 Å². The number of nitrogens with zero attached hydrogens (tertiary/aromatic N) is 2. The van der Waals surface area contributed by atoms with Crippen LogP contribution in [0, 0.1) is 6.92 Å². The number of rotatable bonds is 7. The number of aryl methyl sites for hydroxylation is 1. The minimum absolute atomic E-state index is 0.316. The van der Waals surface area contributed by atoms with Crippen LogP contribution in [0.1, 0.15) is 19.4 Å². The molecule has 28 heavy (non-hydrogen) atoms. The molecule has 0 bridgehead atoms. The number of sulfonamides is 1. The Kier molecular flexibility index (Phi) is 6.46. The molecular weight excluding hydrogens is 376 g/mol. The molecule has 1 heterocycles. The summed E-state index contributed by atoms with van der Waals surface area (Å²) in [6, 6.07) is 12.9. The van der Waals surface area contributed by atoms with Gasteiger partial charge in [0, 0.05) is 26.2 Å². The first-order valence-electron chi connectivity index (χ1n) is 9.67. The van der Waals surface area contributed by atoms with Crippen molar-refractivity contribution in [2.45, 2.75) is 25.7 Å². The molecule has 7 heteroatoms. The largest absolute Gasteiger partial charge is 0.494 e. The summed E-state index contributed by atoms with van der Waals surface area (Å²) in [5.41, 5.74) is 1.84. The van der Waals surface area contributed by atoms with E-state index >= 15 is 0 Å². The maximum atomic E-state index is 13.1. The summed E-state index contributed by atoms with van der Waals surface area (Å²) in [6.45, 7) is 9.02. The van der Waals surface area contributed by atoms with Crippen molar-refractivity contribution in [1.29, 1.82) is 0 Å². The fraction of sp³-hybridized carbons (Fsp3) is 0.429. The fourth-order valence-electron chi connectivity index (χ4n) is 3.41. The monoisotopic (exact) mass is 404 g/mol. The van der Waals surface area contributed by atoms with Gasteiger partial charge in [-0.2, -0.15) is 4.31 Å². The van der Waals surface area contributed by atoms with Gasteiger partial charge in [0.1, 0.15) is 11.5 Å². The second-order valence-corrected chi connectivity index (χ2v) is 8.59. The fourth-order valence-corrected chi connectivity index (χ4v) is 4.92. The van der Waals surface area contributed by atoms with Gasteiger partial charge in [0.15, 0.2) is 0 Å². The Morgan fingerprint density at radius 2 is 1.54 bits per heavy atom. The lowest BCUT2D eigenvalue weighted by Crippen LogP contribution is -2.48. The van der Waals surface area contributed by atoms with E-state index in [0.717, 1.165) is 22.7 Å². The minimum Gasteiger partial charge on any atom is -0.494 e. The molecule has 0 unspecified atom stereocenters. The van der Waals surface area contributed by atoms with E-state index in [-0.39, 0.29) is 0 Å². The average molecular weight is 405 g/mol. The molecule has 6 nitrogen and oxygen atoms in total. The molecule has 0 spiro atoms. The van der Waals surface area contributed by atoms with Gasteiger partial charge >= 0.3 is 0 Å². The van der Waals surface area contributed by atoms with Crippen LogP contribution in [-0.2, 0) is 10.0 Å². The maximum absolute atomic E-state index is 13.1. The van der Waals surface area contributed by atoms with E-state index in [1.807, 2.05) is 45.0 Å². The molecule has 0 atom stereocenters. The highest BCUT2D eigenvalue weighted by Gasteiger charge is 2.29. The maximum Gasteiger partial charge on any atom is 0.243 e. The molecular formula is C21H28N2O4S. The lowest BCUT2D eigenvalue weighted by atomic mass is 10.2. The first-order valence-corrected chi connectivity index (χ1v) is 11.1. The van der Waals surface area contributed by atoms with Crippen molar-refractivity contribution in [3.63, 3.8) is 0 Å². The normalized spacial score (nSPS) is 15.5. The summed E-state index contributed by atoms with van der Waals surface area (Å²) >= 11 is 0. The van der Waals surface area contributed by atoms with Gasteiger partial charge in [-0.05, 0) is 56.7 Å². The first kappa shape index (κ1) is 20.5. The molecule has 1 fully saturated rings. The van der Waals surface area contributed by atoms with E-state index in [4.69, 9.17) is 9.47 Å². The third-order valence-electron chi connectivity index (χ3n) is 4.83. The van der Waals surface area contributed by atoms with Crippen molar-refractivity contribution in [2.24, 2.45) is 0 Å². The Labute approximate surface area is 167 Å². The topological polar surface area (TPSA) is 59.1 Å². The molecule has 0 aromatic heterocycles. The van der Waals surface area contributed by atoms with Crippen LogP contribution in [0.3, 0.4) is 0 Å². The van der Waals surface area contributed by atoms with Gasteiger partial charge in [-0.25, -0.2) is 8.42 Å². The Hall–Kier alpha value is -2.25. The Morgan fingerprint density at radius 1 is 0.893 bits per heavy atom. The van der Waals surface area contributed by atoms with Crippen molar-refractivity contribution >= 4 is 15.7 Å². The van der Waals surface area contributed by atoms with E-state index in [1.54, 1.807) is 22.5 Å². The van der Waals surface area contributed by atoms with E-state index in [9.17, 15) is 8.42 Å². The zero-order valence-corrected chi connectivity index (χ0v) is 17.5. The molecule has 2 aromatic rings. The SMILES string of the molecule is CCOc1ccc(S(=O)(=O)N2CCN(c3ccccc3OCC)CC2)cc1C. The molecule has 1 aliphatic heterocycles. The van der Waals surface area contributed by atoms with Crippen LogP contribution in [0.5, 0.6) is 11.5 Å². The molecule has 0 aliphatic carbocycles. The summed E-state index contributed by atoms with van der Waals surface area (Å²) in [7, 11) is -3.52. The van der Waals surface area contributed by atoms with Gasteiger partial charge in [0.05, 0.1) is 23.8 Å². The average Bonchev–Trinajstić information content (AvgIpc) is 2.70. The molecule has 0 amide bonds. The number of anilines is 1. The van der Waals surface area contributed by atoms with Crippen molar-refractivity contribution < 1.29 is 17.9 Å². The number of hydrogen-bond acceptors (Lipinski definition) is 5. The van der Waals surface area contributed by atoms with Gasteiger partial charge in [0.25, 0.3) is 0 Å². The smallest absolute Gasteiger partial charge is 0.243 e. The van der Waals surface area contributed by atoms with Crippen LogP contribution in [0.15, 0.2) is 47.4 Å². The van der Waals surface area contributed by atoms with Gasteiger partial charge in [-0.1, -0.05) is 12.1 Å². The van der Waals surface area contributed by atoms with Crippen molar-refractivity contribution in [3.8, 4) is 11.5 Å². The Bertz CT molecular complexity index is 906. The number of ether oxygens (including phenoxy) is 2. The minimum atomic E-state index is -3.52. The van der Waals surface area contributed by atoms with E-state index in [0.29, 0.717) is 44.3 Å². The third-order valence-corrected chi connectivity index (χ3v) is 6.72. The highest BCUT2D eigenvalue weighted by atomic mass is 32.2. The second-order valence-electron chi connectivity index (χ2n) is 6.65. The van der Waals surface area contributed by atoms with Crippen LogP contribution in [-0.4, -0.2) is 52.1 Å². The van der Waals surface area contributed by atoms with Crippen molar-refractivity contribution in [2.75, 3.05) is 44.3 Å². The van der Waals surface area contributed by atoms with Crippen LogP contribution < -0.4 is 14.4 Å². The number of hydrogen-bond donors (Lipinski definition) is 0. The summed E-state index contributed by atoms with van der Waals surface area (Å²) in [6.07, 6.45) is 0. The van der Waals surface area contributed by atoms with Crippen LogP contribution >= 0.6 is 0 Å². The first-order chi connectivity index (χ1) is 13.5. The standard InChI is InChI=1S/C21H28N2O4S/c1-4-26-20-11-10-18(16-17(20)3)28(24,25)23-14-12-22(13-15-23)19-8-6-7-9-21(19)27-5-2/h6-11,16H,4-5,12-15H2,1-3H3. The van der Waals surface area contributed by atoms with Gasteiger partial charge in [-0.15, -0.1) is 0 Å². The molecule has 3 rings (SSSR count). The quantitative estimate of drug-likeness (QED) is 0.709. The zero-order valence-electron chi connectivity index (χ0n) is 16.7. The van der Waals surface area contributed by atoms with Crippen LogP contribution in [0.2, 0.25) is 0 Å². The molecule has 0 N–H and O–H groups in total. The molecule has 0 saturated carbocycles. The molecule has 1 aliphatic rings. The Morgan fingerprint density at radius 3 is 2.18 bits per heavy atom. The molecule has 2 aromatic carbocycles. The van der Waals surface area contributed by atoms with Gasteiger partial charge < -0.3 is 14.4 Å². The highest BCUT2D eigenvalue weighted by molar-refractivity contribution is 7.89. The van der Waals surface area contributed by atoms with E-state index in [2.05, 4.69) is 4.90 Å². The Balaban J connectivity index is 1.73. The second kappa shape index (κ2) is 8.84. The predicted molar refractivity (Wildman–Crippen MR) is 111 cm³/mol. The number of piperazine rings is 1. The third kappa shape index (κ3) is 4.25. The zero-order chi connectivity index (χ0) is 20.1. The summed E-state index contributed by atoms with van der Waals surface area (Å²) in [4.78, 5) is 2.50. The molecule has 1 saturated heterocycles. The van der Waals surface area contributed by atoms with Gasteiger partial charge in [-0.3, -0.25) is 0 Å². The number of benzene rings is 2. The number of para-hydroxylation sites is 2. The van der Waals surface area contributed by atoms with Crippen LogP contribution in [0.4, 0.5) is 5.69 Å². The van der Waals surface area contributed by atoms with E-state index in [1.165, 1.54) is 0 Å².